The van der Waals surface area contributed by atoms with Crippen molar-refractivity contribution >= 4 is 11.8 Å². The highest BCUT2D eigenvalue weighted by Crippen LogP contribution is 2.38. The summed E-state index contributed by atoms with van der Waals surface area (Å²) >= 11 is 0. The zero-order chi connectivity index (χ0) is 25.9. The number of hydrogen-bond donors (Lipinski definition) is 3. The van der Waals surface area contributed by atoms with E-state index in [0.717, 1.165) is 49.6 Å². The number of halogens is 3. The number of aliphatic hydroxyl groups is 1. The molecule has 36 heavy (non-hydrogen) atoms. The number of benzene rings is 1. The van der Waals surface area contributed by atoms with Gasteiger partial charge >= 0.3 is 6.18 Å². The third-order valence-electron chi connectivity index (χ3n) is 7.13. The minimum Gasteiger partial charge on any atom is -0.384 e. The minimum atomic E-state index is -4.55. The van der Waals surface area contributed by atoms with Gasteiger partial charge in [0.25, 0.3) is 5.91 Å². The lowest BCUT2D eigenvalue weighted by molar-refractivity contribution is -0.137. The number of hydrogen-bond acceptors (Lipinski definition) is 5. The summed E-state index contributed by atoms with van der Waals surface area (Å²) in [5.41, 5.74) is -0.207. The molecule has 1 aliphatic carbocycles. The van der Waals surface area contributed by atoms with Gasteiger partial charge in [-0.3, -0.25) is 19.5 Å². The third kappa shape index (κ3) is 6.22. The van der Waals surface area contributed by atoms with E-state index in [1.165, 1.54) is 6.07 Å². The van der Waals surface area contributed by atoms with Crippen LogP contribution in [0.2, 0.25) is 0 Å². The van der Waals surface area contributed by atoms with Gasteiger partial charge in [-0.05, 0) is 68.9 Å². The number of nitrogens with zero attached hydrogens (tertiary/aromatic N) is 2. The molecule has 1 aromatic heterocycles. The number of pyridine rings is 1. The predicted molar refractivity (Wildman–Crippen MR) is 127 cm³/mol. The molecule has 0 radical (unpaired) electrons. The van der Waals surface area contributed by atoms with E-state index < -0.39 is 23.2 Å². The first-order chi connectivity index (χ1) is 17.0. The Morgan fingerprint density at radius 1 is 1.17 bits per heavy atom. The number of likely N-dealkylation sites (tertiary alicyclic amines) is 1. The van der Waals surface area contributed by atoms with Crippen LogP contribution in [0.5, 0.6) is 0 Å². The maximum Gasteiger partial charge on any atom is 0.416 e. The van der Waals surface area contributed by atoms with Gasteiger partial charge in [-0.1, -0.05) is 12.1 Å². The van der Waals surface area contributed by atoms with E-state index in [0.29, 0.717) is 31.1 Å². The normalized spacial score (nSPS) is 24.9. The summed E-state index contributed by atoms with van der Waals surface area (Å²) in [7, 11) is 0. The lowest BCUT2D eigenvalue weighted by Gasteiger charge is -2.39. The molecule has 0 spiro atoms. The largest absolute Gasteiger partial charge is 0.416 e. The van der Waals surface area contributed by atoms with Crippen molar-refractivity contribution in [3.05, 3.63) is 65.0 Å². The van der Waals surface area contributed by atoms with Crippen LogP contribution in [0.4, 0.5) is 13.2 Å². The second-order valence-corrected chi connectivity index (χ2v) is 9.79. The molecule has 10 heteroatoms. The summed E-state index contributed by atoms with van der Waals surface area (Å²) in [4.78, 5) is 31.3. The fourth-order valence-electron chi connectivity index (χ4n) is 5.06. The molecule has 194 valence electrons. The molecule has 2 aliphatic rings. The fraction of sp³-hybridized carbons (Fsp3) is 0.500. The lowest BCUT2D eigenvalue weighted by atomic mass is 9.79. The molecule has 0 unspecified atom stereocenters. The molecule has 1 aliphatic heterocycles. The van der Waals surface area contributed by atoms with E-state index in [9.17, 15) is 27.9 Å². The van der Waals surface area contributed by atoms with Crippen LogP contribution in [-0.2, 0) is 16.6 Å². The molecule has 1 atom stereocenters. The third-order valence-corrected chi connectivity index (χ3v) is 7.13. The van der Waals surface area contributed by atoms with Gasteiger partial charge in [0.15, 0.2) is 0 Å². The molecule has 2 heterocycles. The number of carbonyl (C=O) groups is 2. The van der Waals surface area contributed by atoms with Crippen LogP contribution in [0.25, 0.3) is 0 Å². The van der Waals surface area contributed by atoms with E-state index in [2.05, 4.69) is 20.5 Å². The van der Waals surface area contributed by atoms with Gasteiger partial charge in [0.05, 0.1) is 17.8 Å². The smallest absolute Gasteiger partial charge is 0.384 e. The highest BCUT2D eigenvalue weighted by atomic mass is 19.4. The average Bonchev–Trinajstić information content (AvgIpc) is 3.31. The van der Waals surface area contributed by atoms with Gasteiger partial charge in [-0.2, -0.15) is 13.2 Å². The first kappa shape index (κ1) is 26.1. The Balaban J connectivity index is 1.21. The molecule has 1 saturated carbocycles. The van der Waals surface area contributed by atoms with Crippen molar-refractivity contribution in [1.29, 1.82) is 0 Å². The first-order valence-electron chi connectivity index (χ1n) is 12.2. The second-order valence-electron chi connectivity index (χ2n) is 9.79. The van der Waals surface area contributed by atoms with Crippen molar-refractivity contribution in [2.24, 2.45) is 0 Å². The maximum absolute atomic E-state index is 12.9. The molecule has 4 rings (SSSR count). The van der Waals surface area contributed by atoms with E-state index in [1.54, 1.807) is 6.20 Å². The molecule has 7 nitrogen and oxygen atoms in total. The number of nitrogens with one attached hydrogen (secondary N) is 2. The summed E-state index contributed by atoms with van der Waals surface area (Å²) in [5.74, 6) is -1.12. The molecule has 2 fully saturated rings. The SMILES string of the molecule is Cc1ccc(C2(O)CCC(N3CC[C@@H](NC(=O)CNC(=O)c4cccc(C(F)(F)F)c4)C3)CC2)nc1. The fourth-order valence-corrected chi connectivity index (χ4v) is 5.06. The standard InChI is InChI=1S/C26H31F3N4O3/c1-17-5-6-22(30-14-17)25(36)10-7-21(8-11-25)33-12-9-20(16-33)32-23(34)15-31-24(35)18-3-2-4-19(13-18)26(27,28)29/h2-6,13-14,20-21,36H,7-12,15-16H2,1H3,(H,31,35)(H,32,34)/t20-,21?,25?/m1/s1. The van der Waals surface area contributed by atoms with Gasteiger partial charge in [0.2, 0.25) is 5.91 Å². The minimum absolute atomic E-state index is 0.0671. The number of aromatic nitrogens is 1. The number of amides is 2. The van der Waals surface area contributed by atoms with Crippen LogP contribution < -0.4 is 10.6 Å². The van der Waals surface area contributed by atoms with Gasteiger partial charge in [-0.15, -0.1) is 0 Å². The zero-order valence-electron chi connectivity index (χ0n) is 20.1. The number of carbonyl (C=O) groups excluding carboxylic acids is 2. The Morgan fingerprint density at radius 2 is 1.92 bits per heavy atom. The van der Waals surface area contributed by atoms with Gasteiger partial charge in [0.1, 0.15) is 5.60 Å². The number of alkyl halides is 3. The molecular weight excluding hydrogens is 473 g/mol. The summed E-state index contributed by atoms with van der Waals surface area (Å²) in [6.07, 6.45) is 0.921. The van der Waals surface area contributed by atoms with Crippen molar-refractivity contribution in [1.82, 2.24) is 20.5 Å². The van der Waals surface area contributed by atoms with Gasteiger partial charge in [-0.25, -0.2) is 0 Å². The van der Waals surface area contributed by atoms with Crippen molar-refractivity contribution in [2.45, 2.75) is 62.9 Å². The summed E-state index contributed by atoms with van der Waals surface area (Å²) in [6.45, 7) is 3.16. The Hall–Kier alpha value is -2.98. The predicted octanol–water partition coefficient (Wildman–Crippen LogP) is 3.16. The number of aryl methyl sites for hydroxylation is 1. The lowest BCUT2D eigenvalue weighted by Crippen LogP contribution is -2.45. The van der Waals surface area contributed by atoms with Crippen molar-refractivity contribution in [3.8, 4) is 0 Å². The summed E-state index contributed by atoms with van der Waals surface area (Å²) < 4.78 is 38.6. The van der Waals surface area contributed by atoms with Crippen LogP contribution in [0.15, 0.2) is 42.6 Å². The van der Waals surface area contributed by atoms with E-state index >= 15 is 0 Å². The Kier molecular flexibility index (Phi) is 7.65. The maximum atomic E-state index is 12.9. The van der Waals surface area contributed by atoms with Crippen molar-refractivity contribution in [3.63, 3.8) is 0 Å². The average molecular weight is 505 g/mol. The second kappa shape index (κ2) is 10.6. The van der Waals surface area contributed by atoms with Gasteiger partial charge in [0, 0.05) is 36.9 Å². The van der Waals surface area contributed by atoms with E-state index in [1.807, 2.05) is 19.1 Å². The molecule has 2 aromatic rings. The van der Waals surface area contributed by atoms with Crippen molar-refractivity contribution < 1.29 is 27.9 Å². The van der Waals surface area contributed by atoms with Crippen molar-refractivity contribution in [2.75, 3.05) is 19.6 Å². The molecular formula is C26H31F3N4O3. The van der Waals surface area contributed by atoms with Crippen LogP contribution in [0.3, 0.4) is 0 Å². The van der Waals surface area contributed by atoms with Crippen LogP contribution in [0.1, 0.15) is 59.3 Å². The van der Waals surface area contributed by atoms with E-state index in [-0.39, 0.29) is 24.1 Å². The topological polar surface area (TPSA) is 94.6 Å². The van der Waals surface area contributed by atoms with Gasteiger partial charge < -0.3 is 15.7 Å². The Labute approximate surface area is 208 Å². The summed E-state index contributed by atoms with van der Waals surface area (Å²) in [5, 5.41) is 16.4. The van der Waals surface area contributed by atoms with E-state index in [4.69, 9.17) is 0 Å². The van der Waals surface area contributed by atoms with Crippen LogP contribution >= 0.6 is 0 Å². The molecule has 2 amide bonds. The monoisotopic (exact) mass is 504 g/mol. The quantitative estimate of drug-likeness (QED) is 0.562. The summed E-state index contributed by atoms with van der Waals surface area (Å²) in [6, 6.07) is 8.20. The zero-order valence-corrected chi connectivity index (χ0v) is 20.1. The highest BCUT2D eigenvalue weighted by Gasteiger charge is 2.39. The highest BCUT2D eigenvalue weighted by molar-refractivity contribution is 5.96. The Morgan fingerprint density at radius 3 is 2.58 bits per heavy atom. The number of rotatable bonds is 6. The van der Waals surface area contributed by atoms with Crippen LogP contribution in [0, 0.1) is 6.92 Å². The molecule has 3 N–H and O–H groups in total. The molecule has 1 saturated heterocycles. The molecule has 1 aromatic carbocycles. The Bertz CT molecular complexity index is 1080. The van der Waals surface area contributed by atoms with Crippen LogP contribution in [-0.4, -0.2) is 58.5 Å². The first-order valence-corrected chi connectivity index (χ1v) is 12.2. The molecule has 0 bridgehead atoms.